The van der Waals surface area contributed by atoms with Gasteiger partial charge in [-0.2, -0.15) is 0 Å². The molecule has 1 amide bonds. The first kappa shape index (κ1) is 25.1. The van der Waals surface area contributed by atoms with Crippen molar-refractivity contribution >= 4 is 24.4 Å². The minimum absolute atomic E-state index is 0.0123. The molecule has 1 N–H and O–H groups in total. The van der Waals surface area contributed by atoms with E-state index in [0.29, 0.717) is 13.2 Å². The summed E-state index contributed by atoms with van der Waals surface area (Å²) in [6.45, 7) is 9.32. The Kier molecular flexibility index (Phi) is 9.21. The van der Waals surface area contributed by atoms with Crippen molar-refractivity contribution in [3.63, 3.8) is 0 Å². The third kappa shape index (κ3) is 6.09. The normalized spacial score (nSPS) is 19.1. The summed E-state index contributed by atoms with van der Waals surface area (Å²) in [5.41, 5.74) is 4.00. The Morgan fingerprint density at radius 1 is 1.09 bits per heavy atom. The summed E-state index contributed by atoms with van der Waals surface area (Å²) in [4.78, 5) is 13.7. The molecule has 2 aliphatic heterocycles. The summed E-state index contributed by atoms with van der Waals surface area (Å²) in [5.74, 6) is 0.769. The summed E-state index contributed by atoms with van der Waals surface area (Å²) >= 11 is 0. The van der Waals surface area contributed by atoms with E-state index in [9.17, 15) is 9.82 Å². The van der Waals surface area contributed by atoms with E-state index in [1.807, 2.05) is 58.0 Å². The van der Waals surface area contributed by atoms with Gasteiger partial charge in [-0.1, -0.05) is 45.9 Å². The molecule has 4 rings (SSSR count). The van der Waals surface area contributed by atoms with Gasteiger partial charge in [-0.05, 0) is 73.0 Å². The molecular weight excluding hydrogens is 417 g/mol. The molecule has 0 aromatic heterocycles. The summed E-state index contributed by atoms with van der Waals surface area (Å²) in [5, 5.41) is 10.1. The molecule has 178 valence electrons. The second kappa shape index (κ2) is 12.1. The highest BCUT2D eigenvalue weighted by Gasteiger charge is 2.34. The molecule has 0 saturated carbocycles. The molecule has 6 nitrogen and oxygen atoms in total. The van der Waals surface area contributed by atoms with E-state index < -0.39 is 7.12 Å². The topological polar surface area (TPSA) is 68.2 Å². The molecule has 2 aromatic rings. The highest BCUT2D eigenvalue weighted by atomic mass is 16.6. The van der Waals surface area contributed by atoms with Crippen LogP contribution in [-0.4, -0.2) is 37.5 Å². The van der Waals surface area contributed by atoms with Gasteiger partial charge in [-0.3, -0.25) is 4.90 Å². The monoisotopic (exact) mass is 453 g/mol. The zero-order valence-corrected chi connectivity index (χ0v) is 20.3. The molecule has 0 radical (unpaired) electrons. The molecule has 2 aromatic carbocycles. The van der Waals surface area contributed by atoms with Crippen LogP contribution < -0.4 is 15.1 Å². The van der Waals surface area contributed by atoms with Crippen molar-refractivity contribution in [3.05, 3.63) is 53.6 Å². The first-order chi connectivity index (χ1) is 16.1. The number of ether oxygens (including phenoxy) is 2. The largest absolute Gasteiger partial charge is 0.494 e. The SMILES string of the molecule is CC.CCC1CN(c2ccc(CCCCOc3ccc4c(c3)B(O)O[C@@H]4CC)cc2)C(=O)O1. The molecule has 33 heavy (non-hydrogen) atoms. The zero-order valence-electron chi connectivity index (χ0n) is 20.3. The van der Waals surface area contributed by atoms with E-state index in [0.717, 1.165) is 54.6 Å². The van der Waals surface area contributed by atoms with E-state index in [4.69, 9.17) is 14.1 Å². The van der Waals surface area contributed by atoms with Crippen LogP contribution in [0.25, 0.3) is 0 Å². The third-order valence-corrected chi connectivity index (χ3v) is 6.04. The third-order valence-electron chi connectivity index (χ3n) is 6.04. The van der Waals surface area contributed by atoms with Gasteiger partial charge in [0.25, 0.3) is 0 Å². The molecule has 0 spiro atoms. The standard InChI is InChI=1S/C24H30BNO5.C2H6/c1-3-19-16-26(24(27)30-19)18-10-8-17(9-11-18)7-5-6-14-29-20-12-13-21-22(15-20)25(28)31-23(21)4-2;1-2/h8-13,15,19,23,28H,3-7,14,16H2,1-2H3;1-2H3/t19?,23-;/m1./s1. The second-order valence-corrected chi connectivity index (χ2v) is 8.17. The molecular formula is C26H36BNO5. The number of carbonyl (C=O) groups excluding carboxylic acids is 1. The number of cyclic esters (lactones) is 1. The van der Waals surface area contributed by atoms with Gasteiger partial charge in [-0.15, -0.1) is 0 Å². The van der Waals surface area contributed by atoms with Crippen LogP contribution in [0.5, 0.6) is 5.75 Å². The average molecular weight is 453 g/mol. The molecule has 1 unspecified atom stereocenters. The zero-order chi connectivity index (χ0) is 23.8. The predicted molar refractivity (Wildman–Crippen MR) is 132 cm³/mol. The quantitative estimate of drug-likeness (QED) is 0.427. The Labute approximate surface area is 198 Å². The van der Waals surface area contributed by atoms with Crippen LogP contribution in [0, 0.1) is 0 Å². The summed E-state index contributed by atoms with van der Waals surface area (Å²) in [6, 6.07) is 14.0. The number of nitrogens with zero attached hydrogens (tertiary/aromatic N) is 1. The lowest BCUT2D eigenvalue weighted by molar-refractivity contribution is 0.139. The first-order valence-electron chi connectivity index (χ1n) is 12.3. The van der Waals surface area contributed by atoms with E-state index in [1.165, 1.54) is 5.56 Å². The Hall–Kier alpha value is -2.51. The number of amides is 1. The lowest BCUT2D eigenvalue weighted by Crippen LogP contribution is -2.28. The molecule has 2 heterocycles. The van der Waals surface area contributed by atoms with Gasteiger partial charge in [0.05, 0.1) is 19.3 Å². The minimum Gasteiger partial charge on any atom is -0.494 e. The Morgan fingerprint density at radius 2 is 1.85 bits per heavy atom. The average Bonchev–Trinajstić information content (AvgIpc) is 3.39. The molecule has 1 saturated heterocycles. The van der Waals surface area contributed by atoms with Gasteiger partial charge in [0, 0.05) is 5.69 Å². The van der Waals surface area contributed by atoms with Gasteiger partial charge < -0.3 is 19.2 Å². The van der Waals surface area contributed by atoms with Crippen LogP contribution in [-0.2, 0) is 15.8 Å². The van der Waals surface area contributed by atoms with Crippen LogP contribution in [0.2, 0.25) is 0 Å². The van der Waals surface area contributed by atoms with Crippen molar-refractivity contribution in [2.45, 2.75) is 72.0 Å². The Balaban J connectivity index is 0.00000149. The molecule has 1 fully saturated rings. The van der Waals surface area contributed by atoms with Crippen molar-refractivity contribution < 1.29 is 23.9 Å². The van der Waals surface area contributed by atoms with Crippen LogP contribution in [0.4, 0.5) is 10.5 Å². The van der Waals surface area contributed by atoms with Crippen molar-refractivity contribution in [3.8, 4) is 5.75 Å². The number of benzene rings is 2. The number of anilines is 1. The smallest absolute Gasteiger partial charge is 0.492 e. The molecule has 2 atom stereocenters. The van der Waals surface area contributed by atoms with Crippen molar-refractivity contribution in [2.75, 3.05) is 18.1 Å². The number of aryl methyl sites for hydroxylation is 1. The maximum Gasteiger partial charge on any atom is 0.492 e. The van der Waals surface area contributed by atoms with Crippen molar-refractivity contribution in [1.29, 1.82) is 0 Å². The van der Waals surface area contributed by atoms with Gasteiger partial charge in [0.15, 0.2) is 0 Å². The van der Waals surface area contributed by atoms with E-state index in [1.54, 1.807) is 4.90 Å². The van der Waals surface area contributed by atoms with Gasteiger partial charge in [0.2, 0.25) is 0 Å². The first-order valence-corrected chi connectivity index (χ1v) is 12.3. The highest BCUT2D eigenvalue weighted by Crippen LogP contribution is 2.28. The number of unbranched alkanes of at least 4 members (excludes halogenated alkanes) is 1. The predicted octanol–water partition coefficient (Wildman–Crippen LogP) is 5.02. The van der Waals surface area contributed by atoms with Crippen LogP contribution in [0.3, 0.4) is 0 Å². The van der Waals surface area contributed by atoms with E-state index >= 15 is 0 Å². The van der Waals surface area contributed by atoms with Crippen molar-refractivity contribution in [2.24, 2.45) is 0 Å². The van der Waals surface area contributed by atoms with E-state index in [2.05, 4.69) is 12.1 Å². The summed E-state index contributed by atoms with van der Waals surface area (Å²) in [6.07, 6.45) is 4.28. The molecule has 7 heteroatoms. The summed E-state index contributed by atoms with van der Waals surface area (Å²) in [7, 11) is -0.859. The Bertz CT molecular complexity index is 904. The fourth-order valence-electron chi connectivity index (χ4n) is 4.18. The number of hydrogen-bond donors (Lipinski definition) is 1. The van der Waals surface area contributed by atoms with Gasteiger partial charge in [-0.25, -0.2) is 4.79 Å². The second-order valence-electron chi connectivity index (χ2n) is 8.17. The molecule has 0 aliphatic carbocycles. The van der Waals surface area contributed by atoms with Crippen LogP contribution >= 0.6 is 0 Å². The van der Waals surface area contributed by atoms with Crippen LogP contribution in [0.15, 0.2) is 42.5 Å². The van der Waals surface area contributed by atoms with E-state index in [-0.39, 0.29) is 18.3 Å². The minimum atomic E-state index is -0.859. The van der Waals surface area contributed by atoms with Crippen LogP contribution in [0.1, 0.15) is 70.6 Å². The Morgan fingerprint density at radius 3 is 2.52 bits per heavy atom. The number of rotatable bonds is 9. The lowest BCUT2D eigenvalue weighted by atomic mass is 9.79. The maximum absolute atomic E-state index is 12.0. The van der Waals surface area contributed by atoms with Gasteiger partial charge in [0.1, 0.15) is 11.9 Å². The number of carbonyl (C=O) groups is 1. The highest BCUT2D eigenvalue weighted by molar-refractivity contribution is 6.61. The molecule has 2 aliphatic rings. The lowest BCUT2D eigenvalue weighted by Gasteiger charge is -2.13. The number of hydrogen-bond acceptors (Lipinski definition) is 5. The fraction of sp³-hybridized carbons (Fsp3) is 0.500. The fourth-order valence-corrected chi connectivity index (χ4v) is 4.18. The maximum atomic E-state index is 12.0. The van der Waals surface area contributed by atoms with Gasteiger partial charge >= 0.3 is 13.2 Å². The van der Waals surface area contributed by atoms with Crippen molar-refractivity contribution in [1.82, 2.24) is 0 Å². The number of fused-ring (bicyclic) bond motifs is 1. The molecule has 0 bridgehead atoms. The summed E-state index contributed by atoms with van der Waals surface area (Å²) < 4.78 is 16.8.